The Morgan fingerprint density at radius 1 is 1.44 bits per heavy atom. The van der Waals surface area contributed by atoms with Gasteiger partial charge >= 0.3 is 0 Å². The van der Waals surface area contributed by atoms with E-state index < -0.39 is 0 Å². The van der Waals surface area contributed by atoms with Gasteiger partial charge in [0.05, 0.1) is 17.2 Å². The molecule has 0 aromatic carbocycles. The Bertz CT molecular complexity index is 538. The van der Waals surface area contributed by atoms with Crippen molar-refractivity contribution < 1.29 is 0 Å². The van der Waals surface area contributed by atoms with Crippen LogP contribution in [0.3, 0.4) is 0 Å². The monoisotopic (exact) mass is 235 g/mol. The first-order chi connectivity index (χ1) is 7.59. The van der Waals surface area contributed by atoms with Gasteiger partial charge in [-0.2, -0.15) is 0 Å². The molecular weight excluding hydrogens is 218 g/mol. The second-order valence-corrected chi connectivity index (χ2v) is 5.04. The Morgan fingerprint density at radius 3 is 2.88 bits per heavy atom. The van der Waals surface area contributed by atoms with E-state index in [1.54, 1.807) is 0 Å². The Morgan fingerprint density at radius 2 is 2.19 bits per heavy atom. The van der Waals surface area contributed by atoms with Gasteiger partial charge in [0.2, 0.25) is 0 Å². The van der Waals surface area contributed by atoms with Crippen LogP contribution < -0.4 is 0 Å². The first kappa shape index (κ1) is 11.3. The second kappa shape index (κ2) is 4.37. The molecule has 2 aromatic rings. The maximum Gasteiger partial charge on any atom is 0.178 e. The van der Waals surface area contributed by atoms with Gasteiger partial charge < -0.3 is 9.55 Å². The summed E-state index contributed by atoms with van der Waals surface area (Å²) in [5, 5.41) is 0. The largest absolute Gasteiger partial charge is 0.329 e. The van der Waals surface area contributed by atoms with Gasteiger partial charge in [0.25, 0.3) is 0 Å². The highest BCUT2D eigenvalue weighted by atomic mass is 32.1. The van der Waals surface area contributed by atoms with Gasteiger partial charge in [0.1, 0.15) is 0 Å². The summed E-state index contributed by atoms with van der Waals surface area (Å²) in [4.78, 5) is 7.28. The zero-order valence-electron chi connectivity index (χ0n) is 9.90. The zero-order valence-corrected chi connectivity index (χ0v) is 10.7. The number of aromatic nitrogens is 3. The van der Waals surface area contributed by atoms with Crippen LogP contribution in [-0.2, 0) is 6.54 Å². The molecule has 3 nitrogen and oxygen atoms in total. The van der Waals surface area contributed by atoms with Crippen LogP contribution in [-0.4, -0.2) is 14.5 Å². The van der Waals surface area contributed by atoms with Crippen LogP contribution >= 0.6 is 12.2 Å². The van der Waals surface area contributed by atoms with Crippen molar-refractivity contribution in [2.24, 2.45) is 11.8 Å². The van der Waals surface area contributed by atoms with E-state index in [2.05, 4.69) is 35.3 Å². The lowest BCUT2D eigenvalue weighted by molar-refractivity contribution is 0.367. The van der Waals surface area contributed by atoms with Gasteiger partial charge in [0, 0.05) is 12.7 Å². The van der Waals surface area contributed by atoms with Crippen LogP contribution in [0.1, 0.15) is 20.8 Å². The molecule has 0 fully saturated rings. The number of nitrogens with zero attached hydrogens (tertiary/aromatic N) is 2. The SMILES string of the molecule is CC(C)C(C)Cn1c(=S)[nH]c2cnccc21. The number of fused-ring (bicyclic) bond motifs is 1. The molecule has 16 heavy (non-hydrogen) atoms. The molecule has 0 aliphatic rings. The molecular formula is C12H17N3S. The quantitative estimate of drug-likeness (QED) is 0.827. The summed E-state index contributed by atoms with van der Waals surface area (Å²) in [7, 11) is 0. The standard InChI is InChI=1S/C12H17N3S/c1-8(2)9(3)7-15-11-4-5-13-6-10(11)14-12(15)16/h4-6,8-9H,7H2,1-3H3,(H,14,16). The molecule has 0 spiro atoms. The number of aromatic amines is 1. The predicted octanol–water partition coefficient (Wildman–Crippen LogP) is 3.39. The first-order valence-electron chi connectivity index (χ1n) is 5.62. The van der Waals surface area contributed by atoms with Gasteiger partial charge in [-0.05, 0) is 30.1 Å². The smallest absolute Gasteiger partial charge is 0.178 e. The van der Waals surface area contributed by atoms with Crippen molar-refractivity contribution in [3.05, 3.63) is 23.2 Å². The maximum absolute atomic E-state index is 5.34. The molecule has 0 bridgehead atoms. The number of nitrogens with one attached hydrogen (secondary N) is 1. The Kier molecular flexibility index (Phi) is 3.10. The van der Waals surface area contributed by atoms with E-state index >= 15 is 0 Å². The third-order valence-corrected chi connectivity index (χ3v) is 3.51. The Balaban J connectivity index is 2.44. The summed E-state index contributed by atoms with van der Waals surface area (Å²) in [5.41, 5.74) is 2.16. The van der Waals surface area contributed by atoms with E-state index in [1.165, 1.54) is 0 Å². The summed E-state index contributed by atoms with van der Waals surface area (Å²) >= 11 is 5.34. The van der Waals surface area contributed by atoms with Crippen molar-refractivity contribution in [2.45, 2.75) is 27.3 Å². The average molecular weight is 235 g/mol. The molecule has 0 saturated heterocycles. The summed E-state index contributed by atoms with van der Waals surface area (Å²) in [6.07, 6.45) is 3.63. The molecule has 0 aliphatic carbocycles. The number of imidazole rings is 1. The third-order valence-electron chi connectivity index (χ3n) is 3.18. The molecule has 1 atom stereocenters. The molecule has 1 N–H and O–H groups in total. The van der Waals surface area contributed by atoms with Crippen molar-refractivity contribution >= 4 is 23.3 Å². The highest BCUT2D eigenvalue weighted by Gasteiger charge is 2.11. The summed E-state index contributed by atoms with van der Waals surface area (Å²) in [6.45, 7) is 7.70. The molecule has 0 saturated carbocycles. The van der Waals surface area contributed by atoms with E-state index in [9.17, 15) is 0 Å². The topological polar surface area (TPSA) is 33.6 Å². The molecule has 0 aliphatic heterocycles. The molecule has 0 amide bonds. The Hall–Kier alpha value is -1.16. The van der Waals surface area contributed by atoms with Crippen LogP contribution in [0.2, 0.25) is 0 Å². The van der Waals surface area contributed by atoms with Crippen LogP contribution in [0.4, 0.5) is 0 Å². The normalized spacial score (nSPS) is 13.5. The molecule has 2 aromatic heterocycles. The van der Waals surface area contributed by atoms with E-state index in [1.807, 2.05) is 18.5 Å². The van der Waals surface area contributed by atoms with Crippen molar-refractivity contribution in [1.29, 1.82) is 0 Å². The minimum Gasteiger partial charge on any atom is -0.329 e. The molecule has 1 unspecified atom stereocenters. The highest BCUT2D eigenvalue weighted by molar-refractivity contribution is 7.71. The van der Waals surface area contributed by atoms with Crippen LogP contribution in [0, 0.1) is 16.6 Å². The second-order valence-electron chi connectivity index (χ2n) is 4.65. The molecule has 4 heteroatoms. The zero-order chi connectivity index (χ0) is 11.7. The lowest BCUT2D eigenvalue weighted by atomic mass is 9.98. The van der Waals surface area contributed by atoms with Crippen molar-refractivity contribution in [1.82, 2.24) is 14.5 Å². The van der Waals surface area contributed by atoms with Gasteiger partial charge in [0.15, 0.2) is 4.77 Å². The average Bonchev–Trinajstić information content (AvgIpc) is 2.55. The molecule has 2 heterocycles. The molecule has 86 valence electrons. The number of rotatable bonds is 3. The lowest BCUT2D eigenvalue weighted by Crippen LogP contribution is -2.13. The fourth-order valence-corrected chi connectivity index (χ4v) is 1.97. The fraction of sp³-hybridized carbons (Fsp3) is 0.500. The lowest BCUT2D eigenvalue weighted by Gasteiger charge is -2.16. The van der Waals surface area contributed by atoms with Crippen molar-refractivity contribution in [3.63, 3.8) is 0 Å². The summed E-state index contributed by atoms with van der Waals surface area (Å²) < 4.78 is 2.95. The minimum absolute atomic E-state index is 0.610. The fourth-order valence-electron chi connectivity index (χ4n) is 1.69. The van der Waals surface area contributed by atoms with Gasteiger partial charge in [-0.3, -0.25) is 4.98 Å². The maximum atomic E-state index is 5.34. The number of pyridine rings is 1. The van der Waals surface area contributed by atoms with Gasteiger partial charge in [-0.1, -0.05) is 20.8 Å². The van der Waals surface area contributed by atoms with E-state index in [0.717, 1.165) is 22.3 Å². The van der Waals surface area contributed by atoms with Crippen molar-refractivity contribution in [2.75, 3.05) is 0 Å². The minimum atomic E-state index is 0.610. The highest BCUT2D eigenvalue weighted by Crippen LogP contribution is 2.18. The Labute approximate surface area is 101 Å². The molecule has 0 radical (unpaired) electrons. The number of H-pyrrole nitrogens is 1. The third kappa shape index (κ3) is 2.02. The number of hydrogen-bond donors (Lipinski definition) is 1. The summed E-state index contributed by atoms with van der Waals surface area (Å²) in [5.74, 6) is 1.27. The van der Waals surface area contributed by atoms with E-state index in [-0.39, 0.29) is 0 Å². The van der Waals surface area contributed by atoms with Crippen molar-refractivity contribution in [3.8, 4) is 0 Å². The predicted molar refractivity (Wildman–Crippen MR) is 68.9 cm³/mol. The molecule has 2 rings (SSSR count). The van der Waals surface area contributed by atoms with Gasteiger partial charge in [-0.15, -0.1) is 0 Å². The van der Waals surface area contributed by atoms with Crippen LogP contribution in [0.5, 0.6) is 0 Å². The van der Waals surface area contributed by atoms with E-state index in [4.69, 9.17) is 12.2 Å². The van der Waals surface area contributed by atoms with Gasteiger partial charge in [-0.25, -0.2) is 0 Å². The van der Waals surface area contributed by atoms with Crippen LogP contribution in [0.15, 0.2) is 18.5 Å². The number of hydrogen-bond acceptors (Lipinski definition) is 2. The summed E-state index contributed by atoms with van der Waals surface area (Å²) in [6, 6.07) is 2.01. The van der Waals surface area contributed by atoms with E-state index in [0.29, 0.717) is 11.8 Å². The van der Waals surface area contributed by atoms with Crippen LogP contribution in [0.25, 0.3) is 11.0 Å². The first-order valence-corrected chi connectivity index (χ1v) is 6.03.